The van der Waals surface area contributed by atoms with Crippen LogP contribution in [0.15, 0.2) is 30.5 Å². The number of rotatable bonds is 1. The fourth-order valence-corrected chi connectivity index (χ4v) is 1.80. The summed E-state index contributed by atoms with van der Waals surface area (Å²) in [7, 11) is 0. The Hall–Kier alpha value is -1.37. The molecule has 1 heterocycles. The molecule has 0 unspecified atom stereocenters. The zero-order chi connectivity index (χ0) is 8.67. The van der Waals surface area contributed by atoms with Gasteiger partial charge in [0.1, 0.15) is 0 Å². The summed E-state index contributed by atoms with van der Waals surface area (Å²) < 4.78 is 0. The molecule has 1 aliphatic rings. The first kappa shape index (κ1) is 7.07. The first-order chi connectivity index (χ1) is 6.45. The van der Waals surface area contributed by atoms with Crippen LogP contribution in [0.25, 0.3) is 10.9 Å². The molecule has 0 amide bonds. The van der Waals surface area contributed by atoms with E-state index in [9.17, 15) is 0 Å². The summed E-state index contributed by atoms with van der Waals surface area (Å²) in [5.41, 5.74) is 2.47. The van der Waals surface area contributed by atoms with E-state index in [0.29, 0.717) is 0 Å². The van der Waals surface area contributed by atoms with Gasteiger partial charge >= 0.3 is 0 Å². The first-order valence-electron chi connectivity index (χ1n) is 4.70. The Labute approximate surface area is 77.4 Å². The van der Waals surface area contributed by atoms with E-state index >= 15 is 0 Å². The lowest BCUT2D eigenvalue weighted by atomic mass is 10.0. The number of pyridine rings is 1. The maximum Gasteiger partial charge on any atom is 0.0783 e. The normalized spacial score (nSPS) is 16.3. The van der Waals surface area contributed by atoms with E-state index in [1.807, 2.05) is 18.3 Å². The van der Waals surface area contributed by atoms with Gasteiger partial charge in [-0.1, -0.05) is 18.2 Å². The van der Waals surface area contributed by atoms with E-state index in [1.165, 1.54) is 23.8 Å². The molecular weight excluding hydrogens is 158 g/mol. The summed E-state index contributed by atoms with van der Waals surface area (Å²) in [6.45, 7) is 0. The van der Waals surface area contributed by atoms with Crippen molar-refractivity contribution in [2.24, 2.45) is 0 Å². The van der Waals surface area contributed by atoms with Crippen LogP contribution in [0.2, 0.25) is 0 Å². The average Bonchev–Trinajstić information content (AvgIpc) is 3.00. The molecule has 0 N–H and O–H groups in total. The molecule has 3 rings (SSSR count). The van der Waals surface area contributed by atoms with Crippen LogP contribution in [0.3, 0.4) is 0 Å². The molecule has 0 atom stereocenters. The third-order valence-electron chi connectivity index (χ3n) is 2.62. The zero-order valence-electron chi connectivity index (χ0n) is 7.33. The minimum absolute atomic E-state index is 0.793. The van der Waals surface area contributed by atoms with Gasteiger partial charge in [-0.2, -0.15) is 0 Å². The summed E-state index contributed by atoms with van der Waals surface area (Å²) in [6, 6.07) is 11.5. The van der Waals surface area contributed by atoms with Crippen molar-refractivity contribution in [3.05, 3.63) is 42.1 Å². The van der Waals surface area contributed by atoms with Gasteiger partial charge in [0.25, 0.3) is 0 Å². The van der Waals surface area contributed by atoms with Gasteiger partial charge in [0.2, 0.25) is 0 Å². The molecule has 1 aromatic heterocycles. The van der Waals surface area contributed by atoms with Crippen molar-refractivity contribution >= 4 is 10.9 Å². The fraction of sp³-hybridized carbons (Fsp3) is 0.250. The van der Waals surface area contributed by atoms with Crippen molar-refractivity contribution in [3.8, 4) is 0 Å². The molecule has 0 spiro atoms. The van der Waals surface area contributed by atoms with Crippen LogP contribution in [-0.4, -0.2) is 4.98 Å². The average molecular weight is 168 g/mol. The topological polar surface area (TPSA) is 12.9 Å². The van der Waals surface area contributed by atoms with E-state index in [0.717, 1.165) is 11.4 Å². The molecule has 1 aliphatic carbocycles. The quantitative estimate of drug-likeness (QED) is 0.638. The van der Waals surface area contributed by atoms with E-state index in [1.54, 1.807) is 0 Å². The summed E-state index contributed by atoms with van der Waals surface area (Å²) in [4.78, 5) is 4.30. The summed E-state index contributed by atoms with van der Waals surface area (Å²) in [5, 5.41) is 1.28. The number of hydrogen-bond acceptors (Lipinski definition) is 1. The van der Waals surface area contributed by atoms with Crippen molar-refractivity contribution in [3.63, 3.8) is 0 Å². The van der Waals surface area contributed by atoms with E-state index in [4.69, 9.17) is 0 Å². The lowest BCUT2D eigenvalue weighted by molar-refractivity contribution is 1.15. The van der Waals surface area contributed by atoms with E-state index in [2.05, 4.69) is 23.2 Å². The molecule has 1 heteroatoms. The Kier molecular flexibility index (Phi) is 1.39. The lowest BCUT2D eigenvalue weighted by Crippen LogP contribution is -1.84. The Morgan fingerprint density at radius 2 is 2.23 bits per heavy atom. The van der Waals surface area contributed by atoms with Crippen LogP contribution in [0.1, 0.15) is 24.3 Å². The maximum atomic E-state index is 4.30. The Balaban J connectivity index is 2.32. The van der Waals surface area contributed by atoms with Crippen molar-refractivity contribution in [1.82, 2.24) is 4.98 Å². The second-order valence-corrected chi connectivity index (χ2v) is 3.61. The Morgan fingerprint density at radius 1 is 1.31 bits per heavy atom. The predicted octanol–water partition coefficient (Wildman–Crippen LogP) is 2.91. The van der Waals surface area contributed by atoms with Crippen molar-refractivity contribution < 1.29 is 0 Å². The van der Waals surface area contributed by atoms with Crippen LogP contribution >= 0.6 is 0 Å². The van der Waals surface area contributed by atoms with Crippen molar-refractivity contribution in [1.29, 1.82) is 0 Å². The molecule has 0 saturated heterocycles. The molecule has 2 aromatic rings. The summed E-state index contributed by atoms with van der Waals surface area (Å²) >= 11 is 0. The molecule has 1 radical (unpaired) electrons. The van der Waals surface area contributed by atoms with Gasteiger partial charge in [-0.3, -0.25) is 4.98 Å². The minimum Gasteiger partial charge on any atom is -0.256 e. The van der Waals surface area contributed by atoms with Gasteiger partial charge in [0, 0.05) is 17.6 Å². The van der Waals surface area contributed by atoms with Crippen molar-refractivity contribution in [2.75, 3.05) is 0 Å². The molecule has 1 aromatic carbocycles. The highest BCUT2D eigenvalue weighted by Gasteiger charge is 2.24. The van der Waals surface area contributed by atoms with E-state index in [-0.39, 0.29) is 0 Å². The van der Waals surface area contributed by atoms with Crippen LogP contribution in [0.5, 0.6) is 0 Å². The number of fused-ring (bicyclic) bond motifs is 1. The molecule has 1 nitrogen and oxygen atoms in total. The third-order valence-corrected chi connectivity index (χ3v) is 2.62. The number of benzene rings is 1. The van der Waals surface area contributed by atoms with Gasteiger partial charge in [-0.15, -0.1) is 0 Å². The van der Waals surface area contributed by atoms with Gasteiger partial charge in [0.15, 0.2) is 0 Å². The highest BCUT2D eigenvalue weighted by atomic mass is 14.6. The standard InChI is InChI=1S/C12H10N/c1-3-10(9-6-7-9)11-4-2-8-13-12(11)5-1/h1-4,8-9H,6-7H2. The summed E-state index contributed by atoms with van der Waals surface area (Å²) in [5.74, 6) is 0.793. The van der Waals surface area contributed by atoms with Crippen LogP contribution < -0.4 is 0 Å². The van der Waals surface area contributed by atoms with E-state index < -0.39 is 0 Å². The second-order valence-electron chi connectivity index (χ2n) is 3.61. The highest BCUT2D eigenvalue weighted by Crippen LogP contribution is 2.42. The minimum atomic E-state index is 0.793. The Morgan fingerprint density at radius 3 is 3.08 bits per heavy atom. The fourth-order valence-electron chi connectivity index (χ4n) is 1.80. The lowest BCUT2D eigenvalue weighted by Gasteiger charge is -2.02. The van der Waals surface area contributed by atoms with Crippen LogP contribution in [0, 0.1) is 6.07 Å². The van der Waals surface area contributed by atoms with Crippen LogP contribution in [-0.2, 0) is 0 Å². The molecule has 0 bridgehead atoms. The maximum absolute atomic E-state index is 4.30. The first-order valence-corrected chi connectivity index (χ1v) is 4.70. The molecular formula is C12H10N. The molecule has 13 heavy (non-hydrogen) atoms. The van der Waals surface area contributed by atoms with Crippen molar-refractivity contribution in [2.45, 2.75) is 18.8 Å². The largest absolute Gasteiger partial charge is 0.256 e. The number of aromatic nitrogens is 1. The van der Waals surface area contributed by atoms with Gasteiger partial charge < -0.3 is 0 Å². The molecule has 0 aliphatic heterocycles. The molecule has 63 valence electrons. The number of hydrogen-bond donors (Lipinski definition) is 0. The third kappa shape index (κ3) is 1.12. The summed E-state index contributed by atoms with van der Waals surface area (Å²) in [6.07, 6.45) is 4.51. The Bertz CT molecular complexity index is 438. The van der Waals surface area contributed by atoms with Crippen LogP contribution in [0.4, 0.5) is 0 Å². The molecule has 1 saturated carbocycles. The second kappa shape index (κ2) is 2.56. The SMILES string of the molecule is [c]1ccc(C2CC2)c2cccnc12. The highest BCUT2D eigenvalue weighted by molar-refractivity contribution is 5.82. The van der Waals surface area contributed by atoms with Gasteiger partial charge in [0.05, 0.1) is 5.52 Å². The predicted molar refractivity (Wildman–Crippen MR) is 52.6 cm³/mol. The number of nitrogens with zero attached hydrogens (tertiary/aromatic N) is 1. The molecule has 1 fully saturated rings. The van der Waals surface area contributed by atoms with Gasteiger partial charge in [-0.25, -0.2) is 0 Å². The monoisotopic (exact) mass is 168 g/mol. The van der Waals surface area contributed by atoms with Gasteiger partial charge in [-0.05, 0) is 30.4 Å². The smallest absolute Gasteiger partial charge is 0.0783 e. The zero-order valence-corrected chi connectivity index (χ0v) is 7.33.